The first kappa shape index (κ1) is 14.4. The Morgan fingerprint density at radius 1 is 1.25 bits per heavy atom. The van der Waals surface area contributed by atoms with Crippen LogP contribution >= 0.6 is 11.3 Å². The first-order chi connectivity index (χ1) is 9.49. The summed E-state index contributed by atoms with van der Waals surface area (Å²) < 4.78 is 0. The molecule has 0 fully saturated rings. The highest BCUT2D eigenvalue weighted by atomic mass is 32.1. The van der Waals surface area contributed by atoms with Crippen molar-refractivity contribution in [2.45, 2.75) is 20.4 Å². The predicted molar refractivity (Wildman–Crippen MR) is 79.1 cm³/mol. The molecule has 0 aliphatic rings. The largest absolute Gasteiger partial charge is 0.335 e. The topological polar surface area (TPSA) is 50.3 Å². The molecule has 0 unspecified atom stereocenters. The van der Waals surface area contributed by atoms with Gasteiger partial charge in [0.1, 0.15) is 5.01 Å². The summed E-state index contributed by atoms with van der Waals surface area (Å²) in [7, 11) is 1.74. The minimum Gasteiger partial charge on any atom is -0.335 e. The van der Waals surface area contributed by atoms with Gasteiger partial charge >= 0.3 is 0 Å². The van der Waals surface area contributed by atoms with Crippen molar-refractivity contribution in [1.82, 2.24) is 9.88 Å². The lowest BCUT2D eigenvalue weighted by molar-refractivity contribution is 0.0784. The molecule has 0 spiro atoms. The molecule has 0 saturated carbocycles. The van der Waals surface area contributed by atoms with Crippen molar-refractivity contribution in [3.05, 3.63) is 51.5 Å². The highest BCUT2D eigenvalue weighted by Gasteiger charge is 2.16. The van der Waals surface area contributed by atoms with Crippen LogP contribution in [-0.2, 0) is 6.54 Å². The smallest absolute Gasteiger partial charge is 0.253 e. The van der Waals surface area contributed by atoms with E-state index < -0.39 is 0 Å². The van der Waals surface area contributed by atoms with E-state index in [9.17, 15) is 9.59 Å². The third kappa shape index (κ3) is 3.11. The number of ketones is 1. The zero-order valence-electron chi connectivity index (χ0n) is 11.7. The molecule has 4 nitrogen and oxygen atoms in total. The lowest BCUT2D eigenvalue weighted by Gasteiger charge is -2.15. The normalized spacial score (nSPS) is 10.3. The lowest BCUT2D eigenvalue weighted by Crippen LogP contribution is -2.26. The maximum Gasteiger partial charge on any atom is 0.253 e. The standard InChI is InChI=1S/C15H16N2O2S/c1-10-14(11(2)18)20-13(16-10)9-17(3)15(19)12-7-5-4-6-8-12/h4-8H,9H2,1-3H3. The van der Waals surface area contributed by atoms with Crippen molar-refractivity contribution in [3.63, 3.8) is 0 Å². The molecule has 0 atom stereocenters. The summed E-state index contributed by atoms with van der Waals surface area (Å²) in [6.07, 6.45) is 0. The summed E-state index contributed by atoms with van der Waals surface area (Å²) in [5, 5.41) is 0.777. The van der Waals surface area contributed by atoms with Gasteiger partial charge < -0.3 is 4.90 Å². The number of carbonyl (C=O) groups is 2. The van der Waals surface area contributed by atoms with E-state index in [1.807, 2.05) is 25.1 Å². The van der Waals surface area contributed by atoms with Crippen LogP contribution in [-0.4, -0.2) is 28.6 Å². The van der Waals surface area contributed by atoms with Gasteiger partial charge in [0.15, 0.2) is 5.78 Å². The number of hydrogen-bond donors (Lipinski definition) is 0. The summed E-state index contributed by atoms with van der Waals surface area (Å²) in [6.45, 7) is 3.76. The van der Waals surface area contributed by atoms with Gasteiger partial charge in [-0.2, -0.15) is 0 Å². The van der Waals surface area contributed by atoms with E-state index >= 15 is 0 Å². The fourth-order valence-electron chi connectivity index (χ4n) is 1.92. The Morgan fingerprint density at radius 3 is 2.45 bits per heavy atom. The number of hydrogen-bond acceptors (Lipinski definition) is 4. The van der Waals surface area contributed by atoms with E-state index in [0.717, 1.165) is 10.7 Å². The molecule has 0 aliphatic carbocycles. The average molecular weight is 288 g/mol. The monoisotopic (exact) mass is 288 g/mol. The molecule has 2 aromatic rings. The first-order valence-electron chi connectivity index (χ1n) is 6.26. The average Bonchev–Trinajstić information content (AvgIpc) is 2.79. The molecule has 5 heteroatoms. The fourth-order valence-corrected chi connectivity index (χ4v) is 2.94. The van der Waals surface area contributed by atoms with Crippen LogP contribution in [0.5, 0.6) is 0 Å². The van der Waals surface area contributed by atoms with Gasteiger partial charge in [-0.25, -0.2) is 4.98 Å². The second kappa shape index (κ2) is 5.96. The van der Waals surface area contributed by atoms with Crippen molar-refractivity contribution in [3.8, 4) is 0 Å². The molecule has 1 heterocycles. The minimum atomic E-state index is -0.0529. The highest BCUT2D eigenvalue weighted by Crippen LogP contribution is 2.20. The Bertz CT molecular complexity index is 635. The molecule has 0 radical (unpaired) electrons. The van der Waals surface area contributed by atoms with Crippen LogP contribution in [0.2, 0.25) is 0 Å². The maximum atomic E-state index is 12.2. The lowest BCUT2D eigenvalue weighted by atomic mass is 10.2. The molecule has 104 valence electrons. The molecule has 1 aromatic heterocycles. The molecular formula is C15H16N2O2S. The maximum absolute atomic E-state index is 12.2. The van der Waals surface area contributed by atoms with Crippen LogP contribution in [0.3, 0.4) is 0 Å². The number of amides is 1. The van der Waals surface area contributed by atoms with Gasteiger partial charge in [-0.1, -0.05) is 18.2 Å². The van der Waals surface area contributed by atoms with Crippen molar-refractivity contribution in [2.75, 3.05) is 7.05 Å². The minimum absolute atomic E-state index is 0.0169. The number of nitrogens with zero attached hydrogens (tertiary/aromatic N) is 2. The number of aryl methyl sites for hydroxylation is 1. The third-order valence-corrected chi connectivity index (χ3v) is 4.14. The fraction of sp³-hybridized carbons (Fsp3) is 0.267. The molecule has 0 bridgehead atoms. The Kier molecular flexibility index (Phi) is 4.29. The van der Waals surface area contributed by atoms with E-state index in [4.69, 9.17) is 0 Å². The Balaban J connectivity index is 2.12. The summed E-state index contributed by atoms with van der Waals surface area (Å²) in [4.78, 5) is 30.2. The quantitative estimate of drug-likeness (QED) is 0.813. The van der Waals surface area contributed by atoms with Crippen molar-refractivity contribution >= 4 is 23.0 Å². The summed E-state index contributed by atoms with van der Waals surface area (Å²) >= 11 is 1.35. The van der Waals surface area contributed by atoms with Gasteiger partial charge in [-0.15, -0.1) is 11.3 Å². The van der Waals surface area contributed by atoms with Crippen molar-refractivity contribution in [1.29, 1.82) is 0 Å². The Hall–Kier alpha value is -2.01. The number of thiazole rings is 1. The van der Waals surface area contributed by atoms with Gasteiger partial charge in [0.05, 0.1) is 17.1 Å². The van der Waals surface area contributed by atoms with Gasteiger partial charge in [-0.3, -0.25) is 9.59 Å². The molecular weight excluding hydrogens is 272 g/mol. The zero-order chi connectivity index (χ0) is 14.7. The number of benzene rings is 1. The van der Waals surface area contributed by atoms with Crippen molar-refractivity contribution in [2.24, 2.45) is 0 Å². The molecule has 2 rings (SSSR count). The van der Waals surface area contributed by atoms with Crippen LogP contribution in [0.4, 0.5) is 0 Å². The SMILES string of the molecule is CC(=O)c1sc(CN(C)C(=O)c2ccccc2)nc1C. The van der Waals surface area contributed by atoms with E-state index in [1.165, 1.54) is 18.3 Å². The molecule has 0 aliphatic heterocycles. The van der Waals surface area contributed by atoms with Crippen LogP contribution in [0.25, 0.3) is 0 Å². The van der Waals surface area contributed by atoms with E-state index in [1.54, 1.807) is 24.1 Å². The Labute approximate surface area is 122 Å². The Morgan fingerprint density at radius 2 is 1.90 bits per heavy atom. The molecule has 20 heavy (non-hydrogen) atoms. The second-order valence-corrected chi connectivity index (χ2v) is 5.69. The van der Waals surface area contributed by atoms with Crippen LogP contribution in [0.15, 0.2) is 30.3 Å². The summed E-state index contributed by atoms with van der Waals surface area (Å²) in [6, 6.07) is 9.12. The number of Topliss-reactive ketones (excluding diaryl/α,β-unsaturated/α-hetero) is 1. The number of rotatable bonds is 4. The highest BCUT2D eigenvalue weighted by molar-refractivity contribution is 7.13. The first-order valence-corrected chi connectivity index (χ1v) is 7.08. The van der Waals surface area contributed by atoms with Crippen LogP contribution in [0.1, 0.15) is 37.7 Å². The molecule has 1 aromatic carbocycles. The van der Waals surface area contributed by atoms with E-state index in [2.05, 4.69) is 4.98 Å². The molecule has 0 N–H and O–H groups in total. The molecule has 0 saturated heterocycles. The van der Waals surface area contributed by atoms with Crippen LogP contribution in [0, 0.1) is 6.92 Å². The number of carbonyl (C=O) groups excluding carboxylic acids is 2. The second-order valence-electron chi connectivity index (χ2n) is 4.61. The van der Waals surface area contributed by atoms with Crippen LogP contribution < -0.4 is 0 Å². The molecule has 1 amide bonds. The van der Waals surface area contributed by atoms with Gasteiger partial charge in [0.25, 0.3) is 5.91 Å². The van der Waals surface area contributed by atoms with Gasteiger partial charge in [0, 0.05) is 19.5 Å². The summed E-state index contributed by atoms with van der Waals surface area (Å²) in [5.41, 5.74) is 1.38. The van der Waals surface area contributed by atoms with E-state index in [0.29, 0.717) is 17.0 Å². The zero-order valence-corrected chi connectivity index (χ0v) is 12.5. The summed E-state index contributed by atoms with van der Waals surface area (Å²) in [5.74, 6) is -0.0360. The van der Waals surface area contributed by atoms with E-state index in [-0.39, 0.29) is 11.7 Å². The van der Waals surface area contributed by atoms with Crippen molar-refractivity contribution < 1.29 is 9.59 Å². The third-order valence-electron chi connectivity index (χ3n) is 2.90. The predicted octanol–water partition coefficient (Wildman–Crippen LogP) is 2.93. The number of aromatic nitrogens is 1. The van der Waals surface area contributed by atoms with Gasteiger partial charge in [-0.05, 0) is 19.1 Å². The van der Waals surface area contributed by atoms with Gasteiger partial charge in [0.2, 0.25) is 0 Å².